The van der Waals surface area contributed by atoms with E-state index in [0.717, 1.165) is 6.54 Å². The number of aliphatic hydroxyl groups is 2. The highest BCUT2D eigenvalue weighted by Gasteiger charge is 2.02. The molecule has 1 unspecified atom stereocenters. The summed E-state index contributed by atoms with van der Waals surface area (Å²) in [5, 5.41) is 23.6. The van der Waals surface area contributed by atoms with Gasteiger partial charge in [-0.25, -0.2) is 4.98 Å². The fraction of sp³-hybridized carbons (Fsp3) is 0.556. The third-order valence-electron chi connectivity index (χ3n) is 1.72. The lowest BCUT2D eigenvalue weighted by molar-refractivity contribution is 0.105. The molecule has 0 spiro atoms. The van der Waals surface area contributed by atoms with Crippen LogP contribution in [0.1, 0.15) is 6.92 Å². The second-order valence-electron chi connectivity index (χ2n) is 3.04. The van der Waals surface area contributed by atoms with E-state index < -0.39 is 6.10 Å². The van der Waals surface area contributed by atoms with E-state index in [2.05, 4.69) is 20.6 Å². The Morgan fingerprint density at radius 2 is 2.00 bits per heavy atom. The van der Waals surface area contributed by atoms with Crippen molar-refractivity contribution in [3.05, 3.63) is 12.4 Å². The lowest BCUT2D eigenvalue weighted by atomic mass is 10.4. The van der Waals surface area contributed by atoms with Gasteiger partial charge in [0.1, 0.15) is 11.6 Å². The molecular weight excluding hydrogens is 196 g/mol. The van der Waals surface area contributed by atoms with Crippen molar-refractivity contribution in [1.29, 1.82) is 0 Å². The Morgan fingerprint density at radius 1 is 1.33 bits per heavy atom. The first kappa shape index (κ1) is 11.7. The van der Waals surface area contributed by atoms with Crippen molar-refractivity contribution in [2.24, 2.45) is 0 Å². The minimum Gasteiger partial charge on any atom is -0.394 e. The fourth-order valence-corrected chi connectivity index (χ4v) is 1.00. The summed E-state index contributed by atoms with van der Waals surface area (Å²) in [4.78, 5) is 8.17. The van der Waals surface area contributed by atoms with Crippen LogP contribution in [0.4, 0.5) is 11.6 Å². The molecule has 6 nitrogen and oxygen atoms in total. The van der Waals surface area contributed by atoms with Crippen molar-refractivity contribution in [3.8, 4) is 0 Å². The lowest BCUT2D eigenvalue weighted by Gasteiger charge is -2.10. The predicted molar refractivity (Wildman–Crippen MR) is 57.8 cm³/mol. The van der Waals surface area contributed by atoms with E-state index >= 15 is 0 Å². The third kappa shape index (κ3) is 4.09. The van der Waals surface area contributed by atoms with Gasteiger partial charge in [-0.05, 0) is 6.92 Å². The first-order chi connectivity index (χ1) is 7.26. The van der Waals surface area contributed by atoms with Crippen LogP contribution in [0.5, 0.6) is 0 Å². The molecule has 1 atom stereocenters. The summed E-state index contributed by atoms with van der Waals surface area (Å²) in [5.41, 5.74) is 0. The molecule has 0 aliphatic rings. The second kappa shape index (κ2) is 6.15. The van der Waals surface area contributed by atoms with Gasteiger partial charge >= 0.3 is 0 Å². The topological polar surface area (TPSA) is 90.3 Å². The molecule has 1 aromatic rings. The minimum atomic E-state index is -0.783. The minimum absolute atomic E-state index is 0.251. The summed E-state index contributed by atoms with van der Waals surface area (Å²) < 4.78 is 0. The number of hydrogen-bond donors (Lipinski definition) is 4. The number of nitrogens with one attached hydrogen (secondary N) is 2. The summed E-state index contributed by atoms with van der Waals surface area (Å²) in [6, 6.07) is 0. The summed E-state index contributed by atoms with van der Waals surface area (Å²) in [7, 11) is 0. The lowest BCUT2D eigenvalue weighted by Crippen LogP contribution is -2.23. The quantitative estimate of drug-likeness (QED) is 0.516. The van der Waals surface area contributed by atoms with Gasteiger partial charge in [-0.15, -0.1) is 0 Å². The van der Waals surface area contributed by atoms with Gasteiger partial charge in [-0.1, -0.05) is 0 Å². The molecule has 1 aromatic heterocycles. The molecule has 0 aromatic carbocycles. The number of aromatic nitrogens is 2. The van der Waals surface area contributed by atoms with Crippen LogP contribution < -0.4 is 10.6 Å². The first-order valence-electron chi connectivity index (χ1n) is 4.85. The number of nitrogens with zero attached hydrogens (tertiary/aromatic N) is 2. The van der Waals surface area contributed by atoms with Crippen LogP contribution in [-0.4, -0.2) is 46.0 Å². The molecular formula is C9H16N4O2. The molecule has 0 saturated heterocycles. The van der Waals surface area contributed by atoms with E-state index in [1.165, 1.54) is 0 Å². The highest BCUT2D eigenvalue weighted by molar-refractivity contribution is 5.41. The molecule has 0 fully saturated rings. The maximum absolute atomic E-state index is 9.12. The van der Waals surface area contributed by atoms with E-state index in [1.807, 2.05) is 6.92 Å². The Labute approximate surface area is 88.4 Å². The molecule has 6 heteroatoms. The molecule has 0 radical (unpaired) electrons. The van der Waals surface area contributed by atoms with E-state index in [4.69, 9.17) is 10.2 Å². The molecule has 0 amide bonds. The van der Waals surface area contributed by atoms with E-state index in [-0.39, 0.29) is 13.2 Å². The average Bonchev–Trinajstić information content (AvgIpc) is 2.27. The molecule has 0 saturated carbocycles. The number of anilines is 2. The SMILES string of the molecule is CCNc1cncc(NCC(O)CO)n1. The molecule has 4 N–H and O–H groups in total. The van der Waals surface area contributed by atoms with Crippen LogP contribution in [0.3, 0.4) is 0 Å². The average molecular weight is 212 g/mol. The van der Waals surface area contributed by atoms with Crippen LogP contribution in [0.15, 0.2) is 12.4 Å². The number of rotatable bonds is 6. The predicted octanol–water partition coefficient (Wildman–Crippen LogP) is -0.327. The van der Waals surface area contributed by atoms with Crippen LogP contribution in [0, 0.1) is 0 Å². The standard InChI is InChI=1S/C9H16N4O2/c1-2-11-8-4-10-5-9(13-8)12-3-7(15)6-14/h4-5,7,14-15H,2-3,6H2,1H3,(H2,11,12,13). The monoisotopic (exact) mass is 212 g/mol. The summed E-state index contributed by atoms with van der Waals surface area (Å²) in [5.74, 6) is 1.25. The van der Waals surface area contributed by atoms with Gasteiger partial charge in [-0.3, -0.25) is 4.98 Å². The molecule has 0 aliphatic carbocycles. The summed E-state index contributed by atoms with van der Waals surface area (Å²) >= 11 is 0. The molecule has 84 valence electrons. The van der Waals surface area contributed by atoms with Gasteiger partial charge < -0.3 is 20.8 Å². The Morgan fingerprint density at radius 3 is 2.60 bits per heavy atom. The van der Waals surface area contributed by atoms with Gasteiger partial charge in [0.2, 0.25) is 0 Å². The van der Waals surface area contributed by atoms with E-state index in [9.17, 15) is 0 Å². The normalized spacial score (nSPS) is 12.2. The largest absolute Gasteiger partial charge is 0.394 e. The van der Waals surface area contributed by atoms with E-state index in [0.29, 0.717) is 11.6 Å². The van der Waals surface area contributed by atoms with E-state index in [1.54, 1.807) is 12.4 Å². The molecule has 1 heterocycles. The Bertz CT molecular complexity index is 295. The van der Waals surface area contributed by atoms with Crippen molar-refractivity contribution in [3.63, 3.8) is 0 Å². The Balaban J connectivity index is 2.50. The van der Waals surface area contributed by atoms with Crippen LogP contribution in [0.25, 0.3) is 0 Å². The smallest absolute Gasteiger partial charge is 0.147 e. The van der Waals surface area contributed by atoms with Crippen LogP contribution in [-0.2, 0) is 0 Å². The van der Waals surface area contributed by atoms with Crippen molar-refractivity contribution >= 4 is 11.6 Å². The fourth-order valence-electron chi connectivity index (χ4n) is 1.00. The highest BCUT2D eigenvalue weighted by atomic mass is 16.3. The molecule has 0 aliphatic heterocycles. The Hall–Kier alpha value is -1.40. The maximum Gasteiger partial charge on any atom is 0.147 e. The molecule has 15 heavy (non-hydrogen) atoms. The number of hydrogen-bond acceptors (Lipinski definition) is 6. The zero-order valence-corrected chi connectivity index (χ0v) is 8.64. The summed E-state index contributed by atoms with van der Waals surface area (Å²) in [6.45, 7) is 2.72. The Kier molecular flexibility index (Phi) is 4.79. The second-order valence-corrected chi connectivity index (χ2v) is 3.04. The maximum atomic E-state index is 9.12. The third-order valence-corrected chi connectivity index (χ3v) is 1.72. The van der Waals surface area contributed by atoms with Gasteiger partial charge in [0.15, 0.2) is 0 Å². The van der Waals surface area contributed by atoms with Gasteiger partial charge in [0, 0.05) is 13.1 Å². The van der Waals surface area contributed by atoms with Gasteiger partial charge in [0.25, 0.3) is 0 Å². The van der Waals surface area contributed by atoms with Crippen molar-refractivity contribution in [1.82, 2.24) is 9.97 Å². The van der Waals surface area contributed by atoms with Gasteiger partial charge in [-0.2, -0.15) is 0 Å². The zero-order valence-electron chi connectivity index (χ0n) is 8.64. The van der Waals surface area contributed by atoms with Crippen molar-refractivity contribution in [2.45, 2.75) is 13.0 Å². The van der Waals surface area contributed by atoms with Crippen molar-refractivity contribution < 1.29 is 10.2 Å². The van der Waals surface area contributed by atoms with Gasteiger partial charge in [0.05, 0.1) is 25.1 Å². The molecule has 1 rings (SSSR count). The zero-order chi connectivity index (χ0) is 11.1. The summed E-state index contributed by atoms with van der Waals surface area (Å²) in [6.07, 6.45) is 2.40. The van der Waals surface area contributed by atoms with Crippen molar-refractivity contribution in [2.75, 3.05) is 30.3 Å². The highest BCUT2D eigenvalue weighted by Crippen LogP contribution is 2.05. The van der Waals surface area contributed by atoms with Crippen LogP contribution in [0.2, 0.25) is 0 Å². The molecule has 0 bridgehead atoms. The first-order valence-corrected chi connectivity index (χ1v) is 4.85. The van der Waals surface area contributed by atoms with Crippen LogP contribution >= 0.6 is 0 Å². The number of aliphatic hydroxyl groups excluding tert-OH is 2.